The van der Waals surface area contributed by atoms with Crippen molar-refractivity contribution in [3.63, 3.8) is 0 Å². The number of rotatable bonds is 4. The molecule has 0 radical (unpaired) electrons. The Morgan fingerprint density at radius 2 is 1.38 bits per heavy atom. The number of furan rings is 1. The largest absolute Gasteiger partial charge is 0.456 e. The molecule has 1 spiro atoms. The average Bonchev–Trinajstić information content (AvgIpc) is 3.86. The summed E-state index contributed by atoms with van der Waals surface area (Å²) in [4.78, 5) is 5.32. The van der Waals surface area contributed by atoms with Crippen LogP contribution in [-0.4, -0.2) is 5.71 Å². The van der Waals surface area contributed by atoms with Crippen molar-refractivity contribution in [2.45, 2.75) is 75.3 Å². The minimum atomic E-state index is -0.212. The van der Waals surface area contributed by atoms with Gasteiger partial charge >= 0.3 is 0 Å². The highest BCUT2D eigenvalue weighted by molar-refractivity contribution is 6.14. The molecule has 4 aliphatic carbocycles. The monoisotopic (exact) mass is 752 g/mol. The van der Waals surface area contributed by atoms with Crippen LogP contribution in [0.25, 0.3) is 44.3 Å². The number of nitrogens with one attached hydrogen (secondary N) is 1. The van der Waals surface area contributed by atoms with Gasteiger partial charge in [-0.2, -0.15) is 0 Å². The molecule has 58 heavy (non-hydrogen) atoms. The van der Waals surface area contributed by atoms with Gasteiger partial charge in [0.2, 0.25) is 0 Å². The van der Waals surface area contributed by atoms with Gasteiger partial charge in [-0.25, -0.2) is 0 Å². The number of hydrogen-bond acceptors (Lipinski definition) is 3. The molecule has 0 amide bonds. The van der Waals surface area contributed by atoms with Crippen LogP contribution < -0.4 is 5.32 Å². The van der Waals surface area contributed by atoms with Crippen LogP contribution in [0.4, 0.5) is 0 Å². The third kappa shape index (κ3) is 5.01. The first-order valence-electron chi connectivity index (χ1n) is 21.5. The third-order valence-electron chi connectivity index (χ3n) is 15.0. The summed E-state index contributed by atoms with van der Waals surface area (Å²) in [5.41, 5.74) is 18.2. The van der Waals surface area contributed by atoms with E-state index in [-0.39, 0.29) is 17.0 Å². The summed E-state index contributed by atoms with van der Waals surface area (Å²) in [5, 5.41) is 6.03. The first-order chi connectivity index (χ1) is 28.5. The average molecular weight is 753 g/mol. The molecule has 1 fully saturated rings. The molecule has 0 saturated heterocycles. The summed E-state index contributed by atoms with van der Waals surface area (Å²) in [6.45, 7) is 4.99. The third-order valence-corrected chi connectivity index (χ3v) is 15.0. The molecular formula is C55H48N2O. The maximum absolute atomic E-state index is 6.32. The molecule has 12 rings (SSSR count). The summed E-state index contributed by atoms with van der Waals surface area (Å²) in [6, 6.07) is 51.3. The van der Waals surface area contributed by atoms with Gasteiger partial charge in [-0.3, -0.25) is 4.99 Å². The van der Waals surface area contributed by atoms with E-state index in [0.29, 0.717) is 17.8 Å². The summed E-state index contributed by atoms with van der Waals surface area (Å²) >= 11 is 0. The van der Waals surface area contributed by atoms with Gasteiger partial charge in [-0.1, -0.05) is 161 Å². The van der Waals surface area contributed by atoms with Gasteiger partial charge in [0.05, 0.1) is 5.71 Å². The number of hydrogen-bond donors (Lipinski definition) is 1. The van der Waals surface area contributed by atoms with Gasteiger partial charge in [-0.05, 0) is 117 Å². The van der Waals surface area contributed by atoms with Crippen LogP contribution in [0, 0.1) is 11.8 Å². The second-order valence-corrected chi connectivity index (χ2v) is 18.2. The van der Waals surface area contributed by atoms with Crippen LogP contribution in [0.15, 0.2) is 161 Å². The fourth-order valence-corrected chi connectivity index (χ4v) is 12.2. The van der Waals surface area contributed by atoms with E-state index in [1.165, 1.54) is 49.7 Å². The minimum Gasteiger partial charge on any atom is -0.456 e. The minimum absolute atomic E-state index is 0.121. The fraction of sp³-hybridized carbons (Fsp3) is 0.255. The van der Waals surface area contributed by atoms with E-state index in [1.807, 2.05) is 12.1 Å². The topological polar surface area (TPSA) is 37.5 Å². The predicted molar refractivity (Wildman–Crippen MR) is 239 cm³/mol. The van der Waals surface area contributed by atoms with E-state index in [9.17, 15) is 0 Å². The molecule has 0 bridgehead atoms. The molecule has 3 nitrogen and oxygen atoms in total. The molecule has 3 heteroatoms. The molecule has 1 aromatic heterocycles. The Morgan fingerprint density at radius 3 is 2.24 bits per heavy atom. The zero-order valence-corrected chi connectivity index (χ0v) is 33.3. The highest BCUT2D eigenvalue weighted by Crippen LogP contribution is 2.67. The van der Waals surface area contributed by atoms with Crippen molar-refractivity contribution < 1.29 is 4.42 Å². The van der Waals surface area contributed by atoms with Crippen molar-refractivity contribution in [2.75, 3.05) is 0 Å². The van der Waals surface area contributed by atoms with Gasteiger partial charge in [0.15, 0.2) is 0 Å². The van der Waals surface area contributed by atoms with E-state index in [2.05, 4.69) is 159 Å². The molecule has 284 valence electrons. The second-order valence-electron chi connectivity index (χ2n) is 18.2. The summed E-state index contributed by atoms with van der Waals surface area (Å²) in [6.07, 6.45) is 12.7. The predicted octanol–water partition coefficient (Wildman–Crippen LogP) is 13.7. The van der Waals surface area contributed by atoms with E-state index in [0.717, 1.165) is 50.0 Å². The molecule has 1 aliphatic heterocycles. The van der Waals surface area contributed by atoms with Gasteiger partial charge in [0.1, 0.15) is 17.3 Å². The van der Waals surface area contributed by atoms with Crippen LogP contribution in [0.2, 0.25) is 0 Å². The first-order valence-corrected chi connectivity index (χ1v) is 21.5. The molecule has 5 aliphatic rings. The normalized spacial score (nSPS) is 23.7. The lowest BCUT2D eigenvalue weighted by Gasteiger charge is -2.44. The summed E-state index contributed by atoms with van der Waals surface area (Å²) in [7, 11) is 0. The highest BCUT2D eigenvalue weighted by Gasteiger charge is 2.56. The quantitative estimate of drug-likeness (QED) is 0.194. The van der Waals surface area contributed by atoms with Crippen molar-refractivity contribution in [1.82, 2.24) is 5.32 Å². The number of fused-ring (bicyclic) bond motifs is 11. The Bertz CT molecular complexity index is 2860. The lowest BCUT2D eigenvalue weighted by molar-refractivity contribution is 0.203. The van der Waals surface area contributed by atoms with Crippen molar-refractivity contribution in [2.24, 2.45) is 16.8 Å². The fourth-order valence-electron chi connectivity index (χ4n) is 12.2. The standard InChI is InChI=1S/C55H48N2O/c1-54(2)44-19-9-7-16-39(44)42-31-47-43(32-46(42)54)52-38(18-13-20-45(52)55(47)28-11-4-12-29-55)34-22-24-35(25-23-34)48-33-49(57-53(56-48)36-14-5-3-6-15-36)37-26-27-41-40-17-8-10-21-50(40)58-51(41)30-37/h3,5-10,13-27,30,32-33,42,46-47,53,57H,4,11-12,28-29,31H2,1-2H3. The van der Waals surface area contributed by atoms with Crippen molar-refractivity contribution in [1.29, 1.82) is 0 Å². The Labute approximate surface area is 341 Å². The van der Waals surface area contributed by atoms with Crippen LogP contribution in [0.1, 0.15) is 103 Å². The Hall–Kier alpha value is -5.93. The zero-order valence-electron chi connectivity index (χ0n) is 33.3. The van der Waals surface area contributed by atoms with Crippen molar-refractivity contribution in [3.05, 3.63) is 191 Å². The van der Waals surface area contributed by atoms with E-state index in [4.69, 9.17) is 9.41 Å². The highest BCUT2D eigenvalue weighted by atomic mass is 16.3. The van der Waals surface area contributed by atoms with E-state index in [1.54, 1.807) is 27.8 Å². The Morgan fingerprint density at radius 1 is 0.655 bits per heavy atom. The number of allylic oxidation sites excluding steroid dienone is 3. The number of para-hydroxylation sites is 1. The van der Waals surface area contributed by atoms with Gasteiger partial charge in [0, 0.05) is 27.4 Å². The smallest absolute Gasteiger partial charge is 0.145 e. The SMILES string of the molecule is CC1(C)c2ccccc2C2CC3C(=CC21)c1c(-c2ccc(C4=NC(c5ccccc5)NC(c5ccc6c(c5)oc5ccccc56)=C4)cc2)cccc1C31CCCCC1. The van der Waals surface area contributed by atoms with Gasteiger partial charge in [0.25, 0.3) is 0 Å². The maximum Gasteiger partial charge on any atom is 0.145 e. The molecule has 2 heterocycles. The molecular weight excluding hydrogens is 705 g/mol. The van der Waals surface area contributed by atoms with Crippen LogP contribution in [0.5, 0.6) is 0 Å². The molecule has 1 saturated carbocycles. The molecule has 4 atom stereocenters. The van der Waals surface area contributed by atoms with E-state index < -0.39 is 0 Å². The second kappa shape index (κ2) is 12.8. The number of nitrogens with zero attached hydrogens (tertiary/aromatic N) is 1. The Balaban J connectivity index is 0.946. The molecule has 7 aromatic rings. The molecule has 4 unspecified atom stereocenters. The van der Waals surface area contributed by atoms with Crippen molar-refractivity contribution in [3.8, 4) is 11.1 Å². The number of aliphatic imine (C=N–C) groups is 1. The lowest BCUT2D eigenvalue weighted by Crippen LogP contribution is -2.37. The lowest BCUT2D eigenvalue weighted by atomic mass is 9.59. The summed E-state index contributed by atoms with van der Waals surface area (Å²) < 4.78 is 6.32. The van der Waals surface area contributed by atoms with Gasteiger partial charge in [-0.15, -0.1) is 0 Å². The zero-order chi connectivity index (χ0) is 38.6. The first kappa shape index (κ1) is 34.1. The maximum atomic E-state index is 6.32. The molecule has 1 N–H and O–H groups in total. The van der Waals surface area contributed by atoms with Crippen molar-refractivity contribution >= 4 is 38.9 Å². The van der Waals surface area contributed by atoms with E-state index >= 15 is 0 Å². The van der Waals surface area contributed by atoms with Crippen LogP contribution >= 0.6 is 0 Å². The van der Waals surface area contributed by atoms with Gasteiger partial charge < -0.3 is 9.73 Å². The Kier molecular flexibility index (Phi) is 7.53. The van der Waals surface area contributed by atoms with Crippen LogP contribution in [0.3, 0.4) is 0 Å². The van der Waals surface area contributed by atoms with Crippen LogP contribution in [-0.2, 0) is 10.8 Å². The molecule has 6 aromatic carbocycles. The summed E-state index contributed by atoms with van der Waals surface area (Å²) in [5.74, 6) is 1.69. The number of benzene rings is 6.